The number of fused-ring (bicyclic) bond motifs is 1. The Hall–Kier alpha value is -1.35. The highest BCUT2D eigenvalue weighted by Gasteiger charge is 2.18. The highest BCUT2D eigenvalue weighted by molar-refractivity contribution is 5.74. The van der Waals surface area contributed by atoms with Crippen LogP contribution in [0, 0.1) is 5.92 Å². The molecule has 0 amide bonds. The number of benzene rings is 1. The molecule has 1 fully saturated rings. The van der Waals surface area contributed by atoms with E-state index in [9.17, 15) is 0 Å². The summed E-state index contributed by atoms with van der Waals surface area (Å²) in [5.74, 6) is 0.856. The highest BCUT2D eigenvalue weighted by atomic mass is 15.1. The Morgan fingerprint density at radius 2 is 2.06 bits per heavy atom. The van der Waals surface area contributed by atoms with Gasteiger partial charge in [0.15, 0.2) is 0 Å². The fourth-order valence-corrected chi connectivity index (χ4v) is 3.16. The molecule has 0 saturated heterocycles. The first-order valence-corrected chi connectivity index (χ1v) is 6.98. The first-order chi connectivity index (χ1) is 8.83. The fraction of sp³-hybridized carbons (Fsp3) is 0.533. The molecule has 3 nitrogen and oxygen atoms in total. The van der Waals surface area contributed by atoms with E-state index in [2.05, 4.69) is 21.7 Å². The van der Waals surface area contributed by atoms with Crippen LogP contribution in [0.1, 0.15) is 32.1 Å². The second-order valence-corrected chi connectivity index (χ2v) is 5.53. The van der Waals surface area contributed by atoms with Gasteiger partial charge in [0.1, 0.15) is 0 Å². The summed E-state index contributed by atoms with van der Waals surface area (Å²) in [6.07, 6.45) is 8.61. The minimum atomic E-state index is 0.255. The number of imidazole rings is 1. The third-order valence-electron chi connectivity index (χ3n) is 4.07. The van der Waals surface area contributed by atoms with Crippen molar-refractivity contribution in [2.75, 3.05) is 0 Å². The molecule has 0 radical (unpaired) electrons. The molecule has 1 aliphatic carbocycles. The molecule has 2 N–H and O–H groups in total. The van der Waals surface area contributed by atoms with Gasteiger partial charge in [-0.25, -0.2) is 4.98 Å². The van der Waals surface area contributed by atoms with Crippen molar-refractivity contribution in [3.63, 3.8) is 0 Å². The molecule has 1 saturated carbocycles. The normalized spacial score (nSPS) is 18.5. The van der Waals surface area contributed by atoms with Gasteiger partial charge >= 0.3 is 0 Å². The van der Waals surface area contributed by atoms with Crippen molar-refractivity contribution < 1.29 is 0 Å². The molecule has 18 heavy (non-hydrogen) atoms. The summed E-state index contributed by atoms with van der Waals surface area (Å²) in [7, 11) is 0. The predicted molar refractivity (Wildman–Crippen MR) is 74.3 cm³/mol. The molecule has 1 unspecified atom stereocenters. The predicted octanol–water partition coefficient (Wildman–Crippen LogP) is 2.94. The largest absolute Gasteiger partial charge is 0.329 e. The second kappa shape index (κ2) is 5.11. The van der Waals surface area contributed by atoms with Crippen LogP contribution < -0.4 is 5.73 Å². The van der Waals surface area contributed by atoms with E-state index in [1.165, 1.54) is 31.2 Å². The van der Waals surface area contributed by atoms with E-state index in [4.69, 9.17) is 5.73 Å². The maximum atomic E-state index is 6.29. The van der Waals surface area contributed by atoms with E-state index in [0.717, 1.165) is 24.4 Å². The van der Waals surface area contributed by atoms with Gasteiger partial charge in [0.05, 0.1) is 17.4 Å². The van der Waals surface area contributed by atoms with Crippen LogP contribution in [0.3, 0.4) is 0 Å². The van der Waals surface area contributed by atoms with Crippen LogP contribution in [0.2, 0.25) is 0 Å². The van der Waals surface area contributed by atoms with Gasteiger partial charge in [-0.2, -0.15) is 0 Å². The van der Waals surface area contributed by atoms with Crippen molar-refractivity contribution in [3.05, 3.63) is 30.6 Å². The lowest BCUT2D eigenvalue weighted by molar-refractivity contribution is 0.412. The first-order valence-electron chi connectivity index (χ1n) is 6.98. The third-order valence-corrected chi connectivity index (χ3v) is 4.07. The number of aromatic nitrogens is 2. The van der Waals surface area contributed by atoms with Gasteiger partial charge in [-0.3, -0.25) is 0 Å². The summed E-state index contributed by atoms with van der Waals surface area (Å²) in [6.45, 7) is 0.886. The van der Waals surface area contributed by atoms with Crippen LogP contribution >= 0.6 is 0 Å². The summed E-state index contributed by atoms with van der Waals surface area (Å²) in [5, 5.41) is 0. The lowest BCUT2D eigenvalue weighted by atomic mass is 9.99. The van der Waals surface area contributed by atoms with Crippen LogP contribution in [0.15, 0.2) is 30.6 Å². The molecule has 3 rings (SSSR count). The van der Waals surface area contributed by atoms with Crippen LogP contribution in [0.5, 0.6) is 0 Å². The van der Waals surface area contributed by atoms with E-state index in [1.807, 2.05) is 18.5 Å². The number of nitrogens with zero attached hydrogens (tertiary/aromatic N) is 2. The van der Waals surface area contributed by atoms with E-state index in [1.54, 1.807) is 0 Å². The number of rotatable bonds is 4. The highest BCUT2D eigenvalue weighted by Crippen LogP contribution is 2.28. The van der Waals surface area contributed by atoms with E-state index in [-0.39, 0.29) is 6.04 Å². The van der Waals surface area contributed by atoms with E-state index < -0.39 is 0 Å². The molecule has 2 aromatic rings. The molecule has 0 bridgehead atoms. The van der Waals surface area contributed by atoms with Crippen molar-refractivity contribution >= 4 is 11.0 Å². The van der Waals surface area contributed by atoms with Gasteiger partial charge in [-0.1, -0.05) is 37.8 Å². The number of nitrogens with two attached hydrogens (primary N) is 1. The first kappa shape index (κ1) is 11.7. The minimum absolute atomic E-state index is 0.255. The van der Waals surface area contributed by atoms with Gasteiger partial charge in [0, 0.05) is 12.6 Å². The zero-order valence-electron chi connectivity index (χ0n) is 10.8. The molecule has 1 aromatic carbocycles. The number of hydrogen-bond acceptors (Lipinski definition) is 2. The van der Waals surface area contributed by atoms with Gasteiger partial charge in [0.25, 0.3) is 0 Å². The maximum Gasteiger partial charge on any atom is 0.0958 e. The van der Waals surface area contributed by atoms with Crippen LogP contribution in [0.25, 0.3) is 11.0 Å². The van der Waals surface area contributed by atoms with E-state index >= 15 is 0 Å². The van der Waals surface area contributed by atoms with Crippen molar-refractivity contribution in [2.24, 2.45) is 11.7 Å². The Labute approximate surface area is 108 Å². The molecule has 1 atom stereocenters. The van der Waals surface area contributed by atoms with Gasteiger partial charge in [-0.15, -0.1) is 0 Å². The Balaban J connectivity index is 1.67. The lowest BCUT2D eigenvalue weighted by Gasteiger charge is -2.17. The zero-order chi connectivity index (χ0) is 12.4. The standard InChI is InChI=1S/C15H21N3/c16-13(9-12-5-1-2-6-12)10-18-11-17-14-7-3-4-8-15(14)18/h3-4,7-8,11-13H,1-2,5-6,9-10,16H2. The summed E-state index contributed by atoms with van der Waals surface area (Å²) < 4.78 is 2.19. The maximum absolute atomic E-state index is 6.29. The second-order valence-electron chi connectivity index (χ2n) is 5.53. The van der Waals surface area contributed by atoms with Crippen LogP contribution in [0.4, 0.5) is 0 Å². The molecule has 0 spiro atoms. The molecular formula is C15H21N3. The SMILES string of the molecule is NC(CC1CCCC1)Cn1cnc2ccccc21. The Bertz CT molecular complexity index is 511. The Kier molecular flexibility index (Phi) is 3.33. The van der Waals surface area contributed by atoms with E-state index in [0.29, 0.717) is 0 Å². The monoisotopic (exact) mass is 243 g/mol. The fourth-order valence-electron chi connectivity index (χ4n) is 3.16. The summed E-state index contributed by atoms with van der Waals surface area (Å²) >= 11 is 0. The van der Waals surface area contributed by atoms with Gasteiger partial charge in [0.2, 0.25) is 0 Å². The summed E-state index contributed by atoms with van der Waals surface area (Å²) in [6, 6.07) is 8.51. The zero-order valence-corrected chi connectivity index (χ0v) is 10.8. The topological polar surface area (TPSA) is 43.8 Å². The average molecular weight is 243 g/mol. The Morgan fingerprint density at radius 3 is 2.89 bits per heavy atom. The quantitative estimate of drug-likeness (QED) is 0.897. The number of para-hydroxylation sites is 2. The van der Waals surface area contributed by atoms with Crippen molar-refractivity contribution in [1.82, 2.24) is 9.55 Å². The van der Waals surface area contributed by atoms with Crippen LogP contribution in [-0.2, 0) is 6.54 Å². The molecule has 1 aromatic heterocycles. The van der Waals surface area contributed by atoms with Gasteiger partial charge < -0.3 is 10.3 Å². The molecule has 3 heteroatoms. The number of hydrogen-bond donors (Lipinski definition) is 1. The molecule has 1 aliphatic rings. The molecule has 1 heterocycles. The smallest absolute Gasteiger partial charge is 0.0958 e. The average Bonchev–Trinajstić information content (AvgIpc) is 3.00. The summed E-state index contributed by atoms with van der Waals surface area (Å²) in [4.78, 5) is 4.41. The van der Waals surface area contributed by atoms with Crippen molar-refractivity contribution in [1.29, 1.82) is 0 Å². The van der Waals surface area contributed by atoms with Gasteiger partial charge in [-0.05, 0) is 24.5 Å². The van der Waals surface area contributed by atoms with Crippen molar-refractivity contribution in [3.8, 4) is 0 Å². The molecule has 96 valence electrons. The molecule has 0 aliphatic heterocycles. The summed E-state index contributed by atoms with van der Waals surface area (Å²) in [5.41, 5.74) is 8.54. The minimum Gasteiger partial charge on any atom is -0.329 e. The molecular weight excluding hydrogens is 222 g/mol. The van der Waals surface area contributed by atoms with Crippen LogP contribution in [-0.4, -0.2) is 15.6 Å². The lowest BCUT2D eigenvalue weighted by Crippen LogP contribution is -2.28. The third kappa shape index (κ3) is 2.41. The van der Waals surface area contributed by atoms with Crippen molar-refractivity contribution in [2.45, 2.75) is 44.7 Å². The Morgan fingerprint density at radius 1 is 1.28 bits per heavy atom.